The molecule has 0 spiro atoms. The molecule has 0 bridgehead atoms. The van der Waals surface area contributed by atoms with Crippen LogP contribution in [0.1, 0.15) is 34.7 Å². The number of rotatable bonds is 8. The molecule has 0 radical (unpaired) electrons. The Balaban J connectivity index is 1.98. The number of non-ortho nitro benzene ring substituents is 1. The molecule has 0 fully saturated rings. The lowest BCUT2D eigenvalue weighted by Crippen LogP contribution is -2.46. The van der Waals surface area contributed by atoms with Gasteiger partial charge in [0.2, 0.25) is 0 Å². The van der Waals surface area contributed by atoms with Crippen molar-refractivity contribution in [3.63, 3.8) is 0 Å². The van der Waals surface area contributed by atoms with Gasteiger partial charge in [-0.2, -0.15) is 0 Å². The number of esters is 1. The van der Waals surface area contributed by atoms with Crippen LogP contribution in [0.4, 0.5) is 5.69 Å². The van der Waals surface area contributed by atoms with Crippen LogP contribution in [0.2, 0.25) is 5.02 Å². The number of benzene rings is 1. The minimum absolute atomic E-state index is 0.0679. The Morgan fingerprint density at radius 1 is 1.19 bits per heavy atom. The van der Waals surface area contributed by atoms with E-state index in [0.717, 1.165) is 12.1 Å². The number of nitrogens with zero attached hydrogens (tertiary/aromatic N) is 2. The van der Waals surface area contributed by atoms with Gasteiger partial charge < -0.3 is 14.6 Å². The zero-order chi connectivity index (χ0) is 24.0. The Labute approximate surface area is 187 Å². The summed E-state index contributed by atoms with van der Waals surface area (Å²) in [6, 6.07) is 5.31. The molecule has 170 valence electrons. The number of nitro benzene ring substituents is 1. The normalized spacial score (nSPS) is 11.5. The van der Waals surface area contributed by atoms with Crippen LogP contribution in [-0.2, 0) is 21.4 Å². The highest BCUT2D eigenvalue weighted by molar-refractivity contribution is 6.34. The van der Waals surface area contributed by atoms with Crippen LogP contribution in [0, 0.1) is 16.0 Å². The first-order valence-electron chi connectivity index (χ1n) is 9.38. The quantitative estimate of drug-likeness (QED) is 0.343. The van der Waals surface area contributed by atoms with Crippen LogP contribution in [0.3, 0.4) is 0 Å². The number of aryl methyl sites for hydroxylation is 1. The van der Waals surface area contributed by atoms with Crippen LogP contribution in [0.15, 0.2) is 36.5 Å². The molecule has 1 heterocycles. The van der Waals surface area contributed by atoms with E-state index in [4.69, 9.17) is 16.3 Å². The third kappa shape index (κ3) is 6.14. The molecule has 12 heteroatoms. The molecule has 0 saturated heterocycles. The third-order valence-corrected chi connectivity index (χ3v) is 4.70. The second-order valence-corrected chi connectivity index (χ2v) is 7.51. The summed E-state index contributed by atoms with van der Waals surface area (Å²) in [6.45, 7) is 2.55. The summed E-state index contributed by atoms with van der Waals surface area (Å²) < 4.78 is 6.46. The smallest absolute Gasteiger partial charge is 0.329 e. The van der Waals surface area contributed by atoms with Gasteiger partial charge in [0.25, 0.3) is 23.4 Å². The number of aromatic nitrogens is 1. The summed E-state index contributed by atoms with van der Waals surface area (Å²) in [4.78, 5) is 59.1. The molecule has 3 amide bonds. The predicted molar refractivity (Wildman–Crippen MR) is 113 cm³/mol. The number of ether oxygens (including phenoxy) is 1. The number of nitrogens with one attached hydrogen (secondary N) is 2. The van der Waals surface area contributed by atoms with E-state index < -0.39 is 47.2 Å². The van der Waals surface area contributed by atoms with Crippen LogP contribution in [0.5, 0.6) is 0 Å². The number of nitro groups is 1. The summed E-state index contributed by atoms with van der Waals surface area (Å²) in [5.74, 6) is -3.55. The van der Waals surface area contributed by atoms with Gasteiger partial charge >= 0.3 is 5.97 Å². The lowest BCUT2D eigenvalue weighted by atomic mass is 10.0. The van der Waals surface area contributed by atoms with E-state index in [1.807, 2.05) is 0 Å². The maximum atomic E-state index is 12.5. The van der Waals surface area contributed by atoms with Crippen molar-refractivity contribution in [3.8, 4) is 0 Å². The van der Waals surface area contributed by atoms with E-state index in [-0.39, 0.29) is 22.0 Å². The summed E-state index contributed by atoms with van der Waals surface area (Å²) >= 11 is 5.95. The van der Waals surface area contributed by atoms with Gasteiger partial charge in [-0.25, -0.2) is 4.79 Å². The predicted octanol–water partition coefficient (Wildman–Crippen LogP) is 1.84. The number of hydrogen-bond donors (Lipinski definition) is 2. The first-order chi connectivity index (χ1) is 15.0. The summed E-state index contributed by atoms with van der Waals surface area (Å²) in [7, 11) is 1.63. The molecule has 1 unspecified atom stereocenters. The number of amides is 3. The Bertz CT molecular complexity index is 1060. The largest absolute Gasteiger partial charge is 0.454 e. The van der Waals surface area contributed by atoms with Gasteiger partial charge in [-0.1, -0.05) is 25.4 Å². The molecule has 32 heavy (non-hydrogen) atoms. The average molecular weight is 465 g/mol. The van der Waals surface area contributed by atoms with Crippen LogP contribution in [0.25, 0.3) is 0 Å². The summed E-state index contributed by atoms with van der Waals surface area (Å²) in [5.41, 5.74) is -0.110. The molecular weight excluding hydrogens is 444 g/mol. The van der Waals surface area contributed by atoms with Crippen molar-refractivity contribution in [2.45, 2.75) is 19.9 Å². The maximum absolute atomic E-state index is 12.5. The highest BCUT2D eigenvalue weighted by Gasteiger charge is 2.28. The molecular formula is C20H21ClN4O7. The molecule has 0 aliphatic carbocycles. The highest BCUT2D eigenvalue weighted by atomic mass is 35.5. The highest BCUT2D eigenvalue weighted by Crippen LogP contribution is 2.22. The molecule has 11 nitrogen and oxygen atoms in total. The lowest BCUT2D eigenvalue weighted by Gasteiger charge is -2.21. The van der Waals surface area contributed by atoms with E-state index in [2.05, 4.69) is 10.6 Å². The molecule has 1 aromatic carbocycles. The Kier molecular flexibility index (Phi) is 8.08. The van der Waals surface area contributed by atoms with Crippen LogP contribution >= 0.6 is 11.6 Å². The number of halogens is 1. The van der Waals surface area contributed by atoms with Crippen LogP contribution in [-0.4, -0.2) is 45.8 Å². The lowest BCUT2D eigenvalue weighted by molar-refractivity contribution is -0.384. The van der Waals surface area contributed by atoms with Gasteiger partial charge in [0.05, 0.1) is 15.5 Å². The zero-order valence-electron chi connectivity index (χ0n) is 17.5. The monoisotopic (exact) mass is 464 g/mol. The number of carbonyl (C=O) groups is 4. The molecule has 2 aromatic rings. The van der Waals surface area contributed by atoms with Crippen LogP contribution < -0.4 is 10.6 Å². The van der Waals surface area contributed by atoms with Crippen molar-refractivity contribution in [2.75, 3.05) is 6.61 Å². The molecule has 2 N–H and O–H groups in total. The van der Waals surface area contributed by atoms with Gasteiger partial charge in [0.1, 0.15) is 11.7 Å². The molecule has 1 atom stereocenters. The van der Waals surface area contributed by atoms with Crippen molar-refractivity contribution in [3.05, 3.63) is 62.9 Å². The Morgan fingerprint density at radius 2 is 1.88 bits per heavy atom. The van der Waals surface area contributed by atoms with Gasteiger partial charge in [0.15, 0.2) is 6.61 Å². The topological polar surface area (TPSA) is 150 Å². The molecule has 0 aliphatic rings. The zero-order valence-corrected chi connectivity index (χ0v) is 18.2. The maximum Gasteiger partial charge on any atom is 0.329 e. The minimum atomic E-state index is -1.13. The number of imide groups is 1. The molecule has 1 aromatic heterocycles. The average Bonchev–Trinajstić information content (AvgIpc) is 3.15. The SMILES string of the molecule is CC(C)C(NC(=O)c1ccc([N+](=O)[O-])cc1Cl)C(=O)OCC(=O)NC(=O)c1cccn1C. The molecule has 0 aliphatic heterocycles. The first kappa shape index (κ1) is 24.5. The van der Waals surface area contributed by atoms with Crippen molar-refractivity contribution in [1.29, 1.82) is 0 Å². The van der Waals surface area contributed by atoms with E-state index in [0.29, 0.717) is 0 Å². The summed E-state index contributed by atoms with van der Waals surface area (Å²) in [5, 5.41) is 15.2. The molecule has 2 rings (SSSR count). The summed E-state index contributed by atoms with van der Waals surface area (Å²) in [6.07, 6.45) is 1.63. The van der Waals surface area contributed by atoms with Crippen molar-refractivity contribution >= 4 is 41.0 Å². The number of hydrogen-bond acceptors (Lipinski definition) is 7. The minimum Gasteiger partial charge on any atom is -0.454 e. The van der Waals surface area contributed by atoms with E-state index >= 15 is 0 Å². The van der Waals surface area contributed by atoms with E-state index in [1.54, 1.807) is 33.2 Å². The second kappa shape index (κ2) is 10.5. The number of carbonyl (C=O) groups excluding carboxylic acids is 4. The van der Waals surface area contributed by atoms with Crippen molar-refractivity contribution in [2.24, 2.45) is 13.0 Å². The first-order valence-corrected chi connectivity index (χ1v) is 9.76. The standard InChI is InChI=1S/C20H21ClN4O7/c1-11(2)17(23-18(27)13-7-6-12(25(30)31)9-14(13)21)20(29)32-10-16(26)22-19(28)15-5-4-8-24(15)3/h4-9,11,17H,10H2,1-3H3,(H,23,27)(H,22,26,28). The van der Waals surface area contributed by atoms with Gasteiger partial charge in [-0.15, -0.1) is 0 Å². The van der Waals surface area contributed by atoms with Crippen molar-refractivity contribution in [1.82, 2.24) is 15.2 Å². The van der Waals surface area contributed by atoms with Gasteiger partial charge in [-0.3, -0.25) is 29.8 Å². The van der Waals surface area contributed by atoms with E-state index in [9.17, 15) is 29.3 Å². The Hall–Kier alpha value is -3.73. The Morgan fingerprint density at radius 3 is 2.41 bits per heavy atom. The van der Waals surface area contributed by atoms with E-state index in [1.165, 1.54) is 16.7 Å². The second-order valence-electron chi connectivity index (χ2n) is 7.11. The fourth-order valence-electron chi connectivity index (χ4n) is 2.67. The third-order valence-electron chi connectivity index (χ3n) is 4.39. The van der Waals surface area contributed by atoms with Gasteiger partial charge in [0, 0.05) is 25.4 Å². The molecule has 0 saturated carbocycles. The fraction of sp³-hybridized carbons (Fsp3) is 0.300. The fourth-order valence-corrected chi connectivity index (χ4v) is 2.93. The van der Waals surface area contributed by atoms with Gasteiger partial charge in [-0.05, 0) is 24.1 Å². The van der Waals surface area contributed by atoms with Crippen molar-refractivity contribution < 1.29 is 28.8 Å².